The van der Waals surface area contributed by atoms with Gasteiger partial charge in [0.1, 0.15) is 5.75 Å². The third kappa shape index (κ3) is 2.92. The Morgan fingerprint density at radius 2 is 2.00 bits per heavy atom. The summed E-state index contributed by atoms with van der Waals surface area (Å²) in [4.78, 5) is 0. The average Bonchev–Trinajstić information content (AvgIpc) is 2.54. The lowest BCUT2D eigenvalue weighted by atomic mass is 10.1. The minimum absolute atomic E-state index is 0.487. The van der Waals surface area contributed by atoms with E-state index in [2.05, 4.69) is 24.4 Å². The van der Waals surface area contributed by atoms with Gasteiger partial charge in [-0.3, -0.25) is 0 Å². The monoisotopic (exact) mass is 237 g/mol. The van der Waals surface area contributed by atoms with Crippen molar-refractivity contribution in [3.8, 4) is 5.75 Å². The molecule has 3 heteroatoms. The van der Waals surface area contributed by atoms with Gasteiger partial charge in [0.25, 0.3) is 0 Å². The summed E-state index contributed by atoms with van der Waals surface area (Å²) in [5.41, 5.74) is 1.36. The van der Waals surface area contributed by atoms with E-state index >= 15 is 0 Å². The zero-order valence-corrected chi connectivity index (χ0v) is 10.7. The number of nitrogens with one attached hydrogen (secondary N) is 1. The molecule has 1 aliphatic rings. The standard InChI is InChI=1S/C13H19NOS/c1-10-7-14-13(9-16-8-10)11-3-5-12(15-2)6-4-11/h3-6,10,13-14H,7-9H2,1-2H3. The van der Waals surface area contributed by atoms with Crippen LogP contribution in [0, 0.1) is 5.92 Å². The van der Waals surface area contributed by atoms with E-state index in [1.807, 2.05) is 23.9 Å². The highest BCUT2D eigenvalue weighted by Crippen LogP contribution is 2.24. The van der Waals surface area contributed by atoms with Crippen LogP contribution in [0.15, 0.2) is 24.3 Å². The Labute approximate surface area is 102 Å². The molecule has 0 aliphatic carbocycles. The molecule has 1 aromatic carbocycles. The van der Waals surface area contributed by atoms with Gasteiger partial charge in [0.05, 0.1) is 7.11 Å². The SMILES string of the molecule is COc1ccc(C2CSCC(C)CN2)cc1. The van der Waals surface area contributed by atoms with Crippen LogP contribution in [0.3, 0.4) is 0 Å². The molecule has 88 valence electrons. The highest BCUT2D eigenvalue weighted by Gasteiger charge is 2.16. The van der Waals surface area contributed by atoms with E-state index in [9.17, 15) is 0 Å². The quantitative estimate of drug-likeness (QED) is 0.854. The molecule has 2 unspecified atom stereocenters. The van der Waals surface area contributed by atoms with Crippen LogP contribution >= 0.6 is 11.8 Å². The Hall–Kier alpha value is -0.670. The zero-order chi connectivity index (χ0) is 11.4. The van der Waals surface area contributed by atoms with E-state index in [1.165, 1.54) is 11.3 Å². The molecule has 0 spiro atoms. The van der Waals surface area contributed by atoms with Crippen LogP contribution in [0.25, 0.3) is 0 Å². The van der Waals surface area contributed by atoms with E-state index in [0.29, 0.717) is 6.04 Å². The van der Waals surface area contributed by atoms with Crippen LogP contribution in [0.5, 0.6) is 5.75 Å². The van der Waals surface area contributed by atoms with Gasteiger partial charge in [-0.25, -0.2) is 0 Å². The Balaban J connectivity index is 2.04. The van der Waals surface area contributed by atoms with Crippen LogP contribution in [-0.4, -0.2) is 25.2 Å². The van der Waals surface area contributed by atoms with Gasteiger partial charge in [0.15, 0.2) is 0 Å². The van der Waals surface area contributed by atoms with Crippen molar-refractivity contribution in [1.29, 1.82) is 0 Å². The van der Waals surface area contributed by atoms with E-state index < -0.39 is 0 Å². The summed E-state index contributed by atoms with van der Waals surface area (Å²) in [6.45, 7) is 3.42. The molecule has 0 radical (unpaired) electrons. The maximum absolute atomic E-state index is 5.17. The van der Waals surface area contributed by atoms with Crippen molar-refractivity contribution >= 4 is 11.8 Å². The van der Waals surface area contributed by atoms with E-state index in [4.69, 9.17) is 4.74 Å². The fraction of sp³-hybridized carbons (Fsp3) is 0.538. The Bertz CT molecular complexity index is 325. The zero-order valence-electron chi connectivity index (χ0n) is 9.90. The van der Waals surface area contributed by atoms with Crippen molar-refractivity contribution in [3.63, 3.8) is 0 Å². The molecular weight excluding hydrogens is 218 g/mol. The first kappa shape index (κ1) is 11.8. The summed E-state index contributed by atoms with van der Waals surface area (Å²) >= 11 is 2.04. The van der Waals surface area contributed by atoms with Crippen molar-refractivity contribution in [2.75, 3.05) is 25.2 Å². The molecule has 1 N–H and O–H groups in total. The smallest absolute Gasteiger partial charge is 0.118 e. The fourth-order valence-corrected chi connectivity index (χ4v) is 3.10. The second-order valence-electron chi connectivity index (χ2n) is 4.38. The lowest BCUT2D eigenvalue weighted by Gasteiger charge is -2.16. The van der Waals surface area contributed by atoms with Crippen LogP contribution in [0.4, 0.5) is 0 Å². The summed E-state index contributed by atoms with van der Waals surface area (Å²) in [5.74, 6) is 4.13. The molecule has 1 saturated heterocycles. The summed E-state index contributed by atoms with van der Waals surface area (Å²) in [5, 5.41) is 3.62. The second kappa shape index (κ2) is 5.60. The largest absolute Gasteiger partial charge is 0.497 e. The van der Waals surface area contributed by atoms with Crippen molar-refractivity contribution in [2.24, 2.45) is 5.92 Å². The summed E-state index contributed by atoms with van der Waals surface area (Å²) in [6, 6.07) is 8.88. The number of thioether (sulfide) groups is 1. The third-order valence-electron chi connectivity index (χ3n) is 2.92. The molecule has 1 aromatic rings. The molecule has 0 saturated carbocycles. The number of methoxy groups -OCH3 is 1. The summed E-state index contributed by atoms with van der Waals surface area (Å²) in [7, 11) is 1.70. The topological polar surface area (TPSA) is 21.3 Å². The minimum Gasteiger partial charge on any atom is -0.497 e. The van der Waals surface area contributed by atoms with Crippen molar-refractivity contribution in [1.82, 2.24) is 5.32 Å². The molecule has 16 heavy (non-hydrogen) atoms. The first-order valence-corrected chi connectivity index (χ1v) is 6.90. The molecule has 0 aromatic heterocycles. The maximum Gasteiger partial charge on any atom is 0.118 e. The third-order valence-corrected chi connectivity index (χ3v) is 4.29. The molecule has 2 rings (SSSR count). The van der Waals surface area contributed by atoms with Crippen molar-refractivity contribution in [2.45, 2.75) is 13.0 Å². The Morgan fingerprint density at radius 1 is 1.25 bits per heavy atom. The average molecular weight is 237 g/mol. The summed E-state index contributed by atoms with van der Waals surface area (Å²) < 4.78 is 5.17. The molecule has 0 amide bonds. The normalized spacial score (nSPS) is 26.1. The number of ether oxygens (including phenoxy) is 1. The number of hydrogen-bond acceptors (Lipinski definition) is 3. The highest BCUT2D eigenvalue weighted by molar-refractivity contribution is 7.99. The lowest BCUT2D eigenvalue weighted by molar-refractivity contribution is 0.414. The van der Waals surface area contributed by atoms with Gasteiger partial charge < -0.3 is 10.1 Å². The van der Waals surface area contributed by atoms with Gasteiger partial charge in [-0.15, -0.1) is 0 Å². The number of hydrogen-bond donors (Lipinski definition) is 1. The van der Waals surface area contributed by atoms with Crippen molar-refractivity contribution in [3.05, 3.63) is 29.8 Å². The summed E-state index contributed by atoms with van der Waals surface area (Å²) in [6.07, 6.45) is 0. The molecular formula is C13H19NOS. The van der Waals surface area contributed by atoms with Crippen LogP contribution in [0.2, 0.25) is 0 Å². The van der Waals surface area contributed by atoms with Gasteiger partial charge in [0.2, 0.25) is 0 Å². The molecule has 2 nitrogen and oxygen atoms in total. The van der Waals surface area contributed by atoms with Gasteiger partial charge >= 0.3 is 0 Å². The molecule has 1 heterocycles. The first-order chi connectivity index (χ1) is 7.79. The maximum atomic E-state index is 5.17. The predicted octanol–water partition coefficient (Wildman–Crippen LogP) is 2.71. The first-order valence-electron chi connectivity index (χ1n) is 5.74. The van der Waals surface area contributed by atoms with Crippen molar-refractivity contribution < 1.29 is 4.74 Å². The Morgan fingerprint density at radius 3 is 2.69 bits per heavy atom. The molecule has 2 atom stereocenters. The van der Waals surface area contributed by atoms with Gasteiger partial charge in [-0.1, -0.05) is 19.1 Å². The van der Waals surface area contributed by atoms with E-state index in [0.717, 1.165) is 24.0 Å². The van der Waals surface area contributed by atoms with Crippen LogP contribution in [0.1, 0.15) is 18.5 Å². The van der Waals surface area contributed by atoms with Crippen LogP contribution < -0.4 is 10.1 Å². The molecule has 0 bridgehead atoms. The Kier molecular flexibility index (Phi) is 4.13. The molecule has 1 aliphatic heterocycles. The number of benzene rings is 1. The van der Waals surface area contributed by atoms with Gasteiger partial charge in [0, 0.05) is 11.8 Å². The predicted molar refractivity (Wildman–Crippen MR) is 70.2 cm³/mol. The second-order valence-corrected chi connectivity index (χ2v) is 5.45. The molecule has 1 fully saturated rings. The fourth-order valence-electron chi connectivity index (χ4n) is 1.90. The highest BCUT2D eigenvalue weighted by atomic mass is 32.2. The van der Waals surface area contributed by atoms with E-state index in [-0.39, 0.29) is 0 Å². The minimum atomic E-state index is 0.487. The van der Waals surface area contributed by atoms with Crippen LogP contribution in [-0.2, 0) is 0 Å². The lowest BCUT2D eigenvalue weighted by Crippen LogP contribution is -2.25. The van der Waals surface area contributed by atoms with Gasteiger partial charge in [-0.05, 0) is 35.9 Å². The van der Waals surface area contributed by atoms with Gasteiger partial charge in [-0.2, -0.15) is 11.8 Å². The number of rotatable bonds is 2. The van der Waals surface area contributed by atoms with E-state index in [1.54, 1.807) is 7.11 Å².